The smallest absolute Gasteiger partial charge is 0.159 e. The van der Waals surface area contributed by atoms with E-state index in [0.29, 0.717) is 18.4 Å². The summed E-state index contributed by atoms with van der Waals surface area (Å²) < 4.78 is 25.8. The molecule has 0 saturated carbocycles. The number of halogens is 2. The fourth-order valence-corrected chi connectivity index (χ4v) is 3.34. The van der Waals surface area contributed by atoms with Crippen molar-refractivity contribution < 1.29 is 13.9 Å². The van der Waals surface area contributed by atoms with Crippen LogP contribution in [0, 0.1) is 11.6 Å². The van der Waals surface area contributed by atoms with E-state index in [4.69, 9.17) is 0 Å². The van der Waals surface area contributed by atoms with E-state index in [1.165, 1.54) is 12.1 Å². The summed E-state index contributed by atoms with van der Waals surface area (Å²) in [6.07, 6.45) is 1.09. The van der Waals surface area contributed by atoms with E-state index in [9.17, 15) is 13.9 Å². The second-order valence-corrected chi connectivity index (χ2v) is 5.74. The van der Waals surface area contributed by atoms with Crippen molar-refractivity contribution in [1.29, 1.82) is 0 Å². The topological polar surface area (TPSA) is 20.2 Å². The molecule has 2 unspecified atom stereocenters. The molecular weight excluding hydrogens is 230 g/mol. The molecule has 0 bridgehead atoms. The summed E-state index contributed by atoms with van der Waals surface area (Å²) in [5, 5.41) is 10.5. The van der Waals surface area contributed by atoms with Gasteiger partial charge in [0, 0.05) is 11.7 Å². The van der Waals surface area contributed by atoms with Crippen molar-refractivity contribution in [3.8, 4) is 0 Å². The average Bonchev–Trinajstić information content (AvgIpc) is 2.53. The zero-order valence-corrected chi connectivity index (χ0v) is 9.86. The number of aliphatic hydroxyl groups is 1. The third-order valence-electron chi connectivity index (χ3n) is 3.15. The van der Waals surface area contributed by atoms with Crippen molar-refractivity contribution in [3.05, 3.63) is 35.4 Å². The third kappa shape index (κ3) is 2.23. The Morgan fingerprint density at radius 2 is 2.19 bits per heavy atom. The molecule has 2 atom stereocenters. The molecule has 4 heteroatoms. The van der Waals surface area contributed by atoms with Gasteiger partial charge in [-0.15, -0.1) is 0 Å². The number of benzene rings is 1. The number of thioether (sulfide) groups is 1. The van der Waals surface area contributed by atoms with Gasteiger partial charge in [-0.2, -0.15) is 11.8 Å². The van der Waals surface area contributed by atoms with Gasteiger partial charge < -0.3 is 5.11 Å². The fourth-order valence-electron chi connectivity index (χ4n) is 2.01. The largest absolute Gasteiger partial charge is 0.388 e. The molecule has 16 heavy (non-hydrogen) atoms. The van der Waals surface area contributed by atoms with Crippen LogP contribution in [0.4, 0.5) is 8.78 Å². The quantitative estimate of drug-likeness (QED) is 0.863. The SMILES string of the molecule is CC1SCCC1(O)Cc1ccc(F)c(F)c1. The zero-order valence-electron chi connectivity index (χ0n) is 9.04. The molecule has 1 saturated heterocycles. The lowest BCUT2D eigenvalue weighted by Crippen LogP contribution is -2.36. The van der Waals surface area contributed by atoms with Gasteiger partial charge in [-0.25, -0.2) is 8.78 Å². The normalized spacial score (nSPS) is 29.6. The molecular formula is C12H14F2OS. The Balaban J connectivity index is 2.17. The zero-order chi connectivity index (χ0) is 11.8. The van der Waals surface area contributed by atoms with E-state index in [2.05, 4.69) is 0 Å². The highest BCUT2D eigenvalue weighted by atomic mass is 32.2. The monoisotopic (exact) mass is 244 g/mol. The molecule has 1 aromatic rings. The Morgan fingerprint density at radius 1 is 1.44 bits per heavy atom. The van der Waals surface area contributed by atoms with Crippen LogP contribution in [0.2, 0.25) is 0 Å². The standard InChI is InChI=1S/C12H14F2OS/c1-8-12(15,4-5-16-8)7-9-2-3-10(13)11(14)6-9/h2-3,6,8,15H,4-5,7H2,1H3. The summed E-state index contributed by atoms with van der Waals surface area (Å²) in [5.41, 5.74) is -0.134. The van der Waals surface area contributed by atoms with Crippen molar-refractivity contribution in [3.63, 3.8) is 0 Å². The average molecular weight is 244 g/mol. The number of rotatable bonds is 2. The van der Waals surface area contributed by atoms with E-state index in [1.54, 1.807) is 11.8 Å². The molecule has 1 aromatic carbocycles. The summed E-state index contributed by atoms with van der Waals surface area (Å²) in [4.78, 5) is 0. The molecule has 0 radical (unpaired) electrons. The fraction of sp³-hybridized carbons (Fsp3) is 0.500. The van der Waals surface area contributed by atoms with Crippen molar-refractivity contribution in [2.75, 3.05) is 5.75 Å². The van der Waals surface area contributed by atoms with Crippen LogP contribution in [-0.4, -0.2) is 21.7 Å². The molecule has 0 aromatic heterocycles. The van der Waals surface area contributed by atoms with Crippen molar-refractivity contribution in [2.45, 2.75) is 30.6 Å². The van der Waals surface area contributed by atoms with Gasteiger partial charge in [0.1, 0.15) is 0 Å². The lowest BCUT2D eigenvalue weighted by Gasteiger charge is -2.26. The summed E-state index contributed by atoms with van der Waals surface area (Å²) in [6.45, 7) is 1.97. The Morgan fingerprint density at radius 3 is 2.75 bits per heavy atom. The van der Waals surface area contributed by atoms with E-state index < -0.39 is 17.2 Å². The molecule has 1 nitrogen and oxygen atoms in total. The number of hydrogen-bond donors (Lipinski definition) is 1. The lowest BCUT2D eigenvalue weighted by molar-refractivity contribution is 0.0463. The highest BCUT2D eigenvalue weighted by molar-refractivity contribution is 8.00. The second kappa shape index (κ2) is 4.34. The Hall–Kier alpha value is -0.610. The maximum absolute atomic E-state index is 13.0. The van der Waals surface area contributed by atoms with Crippen LogP contribution in [0.3, 0.4) is 0 Å². The van der Waals surface area contributed by atoms with Gasteiger partial charge in [-0.1, -0.05) is 13.0 Å². The van der Waals surface area contributed by atoms with Crippen LogP contribution in [0.5, 0.6) is 0 Å². The maximum Gasteiger partial charge on any atom is 0.159 e. The van der Waals surface area contributed by atoms with E-state index in [1.807, 2.05) is 6.92 Å². The van der Waals surface area contributed by atoms with E-state index in [-0.39, 0.29) is 5.25 Å². The summed E-state index contributed by atoms with van der Waals surface area (Å²) in [6, 6.07) is 3.82. The summed E-state index contributed by atoms with van der Waals surface area (Å²) >= 11 is 1.71. The number of hydrogen-bond acceptors (Lipinski definition) is 2. The minimum absolute atomic E-state index is 0.139. The van der Waals surface area contributed by atoms with Crippen LogP contribution in [0.25, 0.3) is 0 Å². The van der Waals surface area contributed by atoms with Crippen LogP contribution in [0.15, 0.2) is 18.2 Å². The van der Waals surface area contributed by atoms with Gasteiger partial charge in [-0.05, 0) is 29.9 Å². The van der Waals surface area contributed by atoms with Gasteiger partial charge in [0.05, 0.1) is 5.60 Å². The van der Waals surface area contributed by atoms with Crippen LogP contribution in [0.1, 0.15) is 18.9 Å². The van der Waals surface area contributed by atoms with Crippen LogP contribution < -0.4 is 0 Å². The van der Waals surface area contributed by atoms with Crippen LogP contribution >= 0.6 is 11.8 Å². The molecule has 1 fully saturated rings. The van der Waals surface area contributed by atoms with E-state index in [0.717, 1.165) is 11.8 Å². The van der Waals surface area contributed by atoms with Gasteiger partial charge in [-0.3, -0.25) is 0 Å². The molecule has 0 spiro atoms. The summed E-state index contributed by atoms with van der Waals surface area (Å²) in [5.74, 6) is -0.773. The van der Waals surface area contributed by atoms with Crippen molar-refractivity contribution >= 4 is 11.8 Å². The highest BCUT2D eigenvalue weighted by Crippen LogP contribution is 2.37. The first-order valence-electron chi connectivity index (χ1n) is 5.29. The molecule has 0 aliphatic carbocycles. The molecule has 2 rings (SSSR count). The Labute approximate surface area is 97.9 Å². The molecule has 88 valence electrons. The lowest BCUT2D eigenvalue weighted by atomic mass is 9.89. The first-order valence-corrected chi connectivity index (χ1v) is 6.34. The minimum atomic E-state index is -0.848. The van der Waals surface area contributed by atoms with Crippen molar-refractivity contribution in [1.82, 2.24) is 0 Å². The Bertz CT molecular complexity index is 397. The first-order chi connectivity index (χ1) is 7.51. The van der Waals surface area contributed by atoms with Gasteiger partial charge in [0.15, 0.2) is 11.6 Å². The molecule has 1 aliphatic rings. The van der Waals surface area contributed by atoms with Crippen molar-refractivity contribution in [2.24, 2.45) is 0 Å². The van der Waals surface area contributed by atoms with E-state index >= 15 is 0 Å². The minimum Gasteiger partial charge on any atom is -0.388 e. The Kier molecular flexibility index (Phi) is 3.22. The molecule has 1 N–H and O–H groups in total. The van der Waals surface area contributed by atoms with Gasteiger partial charge in [0.25, 0.3) is 0 Å². The second-order valence-electron chi connectivity index (χ2n) is 4.29. The van der Waals surface area contributed by atoms with Crippen LogP contribution in [-0.2, 0) is 6.42 Å². The highest BCUT2D eigenvalue weighted by Gasteiger charge is 2.38. The predicted octanol–water partition coefficient (Wildman–Crippen LogP) is 2.76. The van der Waals surface area contributed by atoms with Gasteiger partial charge >= 0.3 is 0 Å². The molecule has 1 heterocycles. The molecule has 1 aliphatic heterocycles. The van der Waals surface area contributed by atoms with Gasteiger partial charge in [0.2, 0.25) is 0 Å². The predicted molar refractivity (Wildman–Crippen MR) is 61.5 cm³/mol. The maximum atomic E-state index is 13.0. The summed E-state index contributed by atoms with van der Waals surface area (Å²) in [7, 11) is 0. The molecule has 0 amide bonds. The third-order valence-corrected chi connectivity index (χ3v) is 4.53. The first kappa shape index (κ1) is 11.9.